The molecule has 0 spiro atoms. The molecule has 3 aromatic rings. The average Bonchev–Trinajstić information content (AvgIpc) is 2.98. The third-order valence-electron chi connectivity index (χ3n) is 4.41. The summed E-state index contributed by atoms with van der Waals surface area (Å²) >= 11 is 0. The van der Waals surface area contributed by atoms with E-state index < -0.39 is 10.0 Å². The zero-order valence-corrected chi connectivity index (χ0v) is 15.9. The standard InChI is InChI=1S/C21H16FN3O3S/c22-16-9-5-14(6-10-16)13-23-21(26)15-7-11-17(12-8-15)24-20-18-3-1-2-4-19(18)29(27,28)25-20/h1-12H,13H2,(H,23,26)(H,24,25). The highest BCUT2D eigenvalue weighted by Gasteiger charge is 2.28. The zero-order valence-electron chi connectivity index (χ0n) is 15.1. The van der Waals surface area contributed by atoms with Crippen LogP contribution in [0.4, 0.5) is 10.1 Å². The SMILES string of the molecule is O=C(NCc1ccc(F)cc1)c1ccc(NC2=NS(=O)(=O)c3ccccc32)cc1. The molecule has 0 aromatic heterocycles. The number of nitrogens with zero attached hydrogens (tertiary/aromatic N) is 1. The molecular weight excluding hydrogens is 393 g/mol. The number of carbonyl (C=O) groups excluding carboxylic acids is 1. The van der Waals surface area contributed by atoms with Crippen LogP contribution in [-0.4, -0.2) is 20.2 Å². The van der Waals surface area contributed by atoms with E-state index in [-0.39, 0.29) is 29.0 Å². The summed E-state index contributed by atoms with van der Waals surface area (Å²) < 4.78 is 40.9. The molecule has 0 bridgehead atoms. The number of hydrogen-bond acceptors (Lipinski definition) is 4. The van der Waals surface area contributed by atoms with Crippen molar-refractivity contribution in [3.63, 3.8) is 0 Å². The van der Waals surface area contributed by atoms with Crippen LogP contribution in [-0.2, 0) is 16.6 Å². The number of amides is 1. The Labute approximate surface area is 167 Å². The predicted molar refractivity (Wildman–Crippen MR) is 108 cm³/mol. The van der Waals surface area contributed by atoms with E-state index in [1.165, 1.54) is 18.2 Å². The summed E-state index contributed by atoms with van der Waals surface area (Å²) in [5, 5.41) is 5.75. The average molecular weight is 409 g/mol. The van der Waals surface area contributed by atoms with Gasteiger partial charge in [0.25, 0.3) is 15.9 Å². The van der Waals surface area contributed by atoms with E-state index >= 15 is 0 Å². The first-order chi connectivity index (χ1) is 13.9. The second kappa shape index (κ2) is 7.48. The first kappa shape index (κ1) is 18.8. The number of nitrogens with one attached hydrogen (secondary N) is 2. The topological polar surface area (TPSA) is 87.6 Å². The number of rotatable bonds is 4. The summed E-state index contributed by atoms with van der Waals surface area (Å²) in [4.78, 5) is 12.4. The zero-order chi connectivity index (χ0) is 20.4. The molecule has 2 N–H and O–H groups in total. The molecule has 146 valence electrons. The molecule has 8 heteroatoms. The van der Waals surface area contributed by atoms with E-state index in [1.807, 2.05) is 0 Å². The van der Waals surface area contributed by atoms with Gasteiger partial charge in [-0.15, -0.1) is 4.40 Å². The molecule has 6 nitrogen and oxygen atoms in total. The number of halogens is 1. The summed E-state index contributed by atoms with van der Waals surface area (Å²) in [6.07, 6.45) is 0. The molecule has 0 aliphatic carbocycles. The highest BCUT2D eigenvalue weighted by atomic mass is 32.2. The molecule has 29 heavy (non-hydrogen) atoms. The van der Waals surface area contributed by atoms with E-state index in [1.54, 1.807) is 54.6 Å². The van der Waals surface area contributed by atoms with Crippen molar-refractivity contribution in [2.75, 3.05) is 5.32 Å². The minimum Gasteiger partial charge on any atom is -0.348 e. The number of hydrogen-bond donors (Lipinski definition) is 2. The van der Waals surface area contributed by atoms with Crippen molar-refractivity contribution in [2.24, 2.45) is 4.40 Å². The Hall–Kier alpha value is -3.52. The third-order valence-corrected chi connectivity index (χ3v) is 5.74. The summed E-state index contributed by atoms with van der Waals surface area (Å²) in [5.41, 5.74) is 2.34. The van der Waals surface area contributed by atoms with Gasteiger partial charge in [-0.3, -0.25) is 4.79 Å². The van der Waals surface area contributed by atoms with E-state index in [9.17, 15) is 17.6 Å². The Morgan fingerprint density at radius 2 is 1.62 bits per heavy atom. The van der Waals surface area contributed by atoms with Crippen molar-refractivity contribution in [1.29, 1.82) is 0 Å². The second-order valence-corrected chi connectivity index (χ2v) is 8.00. The van der Waals surface area contributed by atoms with Crippen LogP contribution in [0.3, 0.4) is 0 Å². The quantitative estimate of drug-likeness (QED) is 0.692. The maximum absolute atomic E-state index is 12.9. The molecule has 0 saturated heterocycles. The molecular formula is C21H16FN3O3S. The van der Waals surface area contributed by atoms with Crippen LogP contribution in [0.5, 0.6) is 0 Å². The Morgan fingerprint density at radius 1 is 0.931 bits per heavy atom. The molecule has 1 aliphatic heterocycles. The van der Waals surface area contributed by atoms with Crippen LogP contribution < -0.4 is 10.6 Å². The monoisotopic (exact) mass is 409 g/mol. The van der Waals surface area contributed by atoms with Crippen molar-refractivity contribution >= 4 is 27.5 Å². The molecule has 0 atom stereocenters. The van der Waals surface area contributed by atoms with E-state index in [2.05, 4.69) is 15.0 Å². The largest absolute Gasteiger partial charge is 0.348 e. The predicted octanol–water partition coefficient (Wildman–Crippen LogP) is 3.32. The lowest BCUT2D eigenvalue weighted by atomic mass is 10.1. The molecule has 4 rings (SSSR count). The number of fused-ring (bicyclic) bond motifs is 1. The van der Waals surface area contributed by atoms with E-state index in [0.29, 0.717) is 16.8 Å². The Kier molecular flexibility index (Phi) is 4.85. The fraction of sp³-hybridized carbons (Fsp3) is 0.0476. The lowest BCUT2D eigenvalue weighted by molar-refractivity contribution is 0.0951. The Morgan fingerprint density at radius 3 is 2.34 bits per heavy atom. The van der Waals surface area contributed by atoms with Crippen molar-refractivity contribution in [3.05, 3.63) is 95.3 Å². The highest BCUT2D eigenvalue weighted by molar-refractivity contribution is 7.90. The minimum atomic E-state index is -3.70. The van der Waals surface area contributed by atoms with Gasteiger partial charge in [-0.2, -0.15) is 8.42 Å². The van der Waals surface area contributed by atoms with Gasteiger partial charge < -0.3 is 10.6 Å². The summed E-state index contributed by atoms with van der Waals surface area (Å²) in [7, 11) is -3.70. The van der Waals surface area contributed by atoms with Crippen LogP contribution in [0.1, 0.15) is 21.5 Å². The highest BCUT2D eigenvalue weighted by Crippen LogP contribution is 2.26. The molecule has 0 fully saturated rings. The van der Waals surface area contributed by atoms with E-state index in [0.717, 1.165) is 5.56 Å². The van der Waals surface area contributed by atoms with Crippen molar-refractivity contribution < 1.29 is 17.6 Å². The normalized spacial score (nSPS) is 14.0. The smallest absolute Gasteiger partial charge is 0.285 e. The van der Waals surface area contributed by atoms with Crippen LogP contribution in [0, 0.1) is 5.82 Å². The maximum Gasteiger partial charge on any atom is 0.285 e. The summed E-state index contributed by atoms with van der Waals surface area (Å²) in [6, 6.07) is 19.1. The Bertz CT molecular complexity index is 1200. The maximum atomic E-state index is 12.9. The lowest BCUT2D eigenvalue weighted by Crippen LogP contribution is -2.22. The molecule has 0 radical (unpaired) electrons. The van der Waals surface area contributed by atoms with Gasteiger partial charge in [0.15, 0.2) is 5.84 Å². The molecule has 3 aromatic carbocycles. The minimum absolute atomic E-state index is 0.166. The van der Waals surface area contributed by atoms with Gasteiger partial charge >= 0.3 is 0 Å². The van der Waals surface area contributed by atoms with Crippen LogP contribution in [0.2, 0.25) is 0 Å². The van der Waals surface area contributed by atoms with Gasteiger partial charge in [-0.25, -0.2) is 4.39 Å². The first-order valence-corrected chi connectivity index (χ1v) is 10.2. The number of sulfonamides is 1. The van der Waals surface area contributed by atoms with Gasteiger partial charge in [0.2, 0.25) is 0 Å². The van der Waals surface area contributed by atoms with Gasteiger partial charge in [0.1, 0.15) is 10.7 Å². The Balaban J connectivity index is 1.43. The van der Waals surface area contributed by atoms with Gasteiger partial charge in [0.05, 0.1) is 0 Å². The van der Waals surface area contributed by atoms with Crippen LogP contribution >= 0.6 is 0 Å². The van der Waals surface area contributed by atoms with Crippen molar-refractivity contribution in [1.82, 2.24) is 5.32 Å². The third kappa shape index (κ3) is 4.02. The summed E-state index contributed by atoms with van der Waals surface area (Å²) in [5.74, 6) is -0.355. The second-order valence-electron chi connectivity index (χ2n) is 6.42. The van der Waals surface area contributed by atoms with E-state index in [4.69, 9.17) is 0 Å². The molecule has 1 aliphatic rings. The fourth-order valence-corrected chi connectivity index (χ4v) is 4.10. The van der Waals surface area contributed by atoms with Gasteiger partial charge in [-0.1, -0.05) is 24.3 Å². The first-order valence-electron chi connectivity index (χ1n) is 8.76. The summed E-state index contributed by atoms with van der Waals surface area (Å²) in [6.45, 7) is 0.282. The fourth-order valence-electron chi connectivity index (χ4n) is 2.92. The van der Waals surface area contributed by atoms with Crippen molar-refractivity contribution in [2.45, 2.75) is 11.4 Å². The van der Waals surface area contributed by atoms with Crippen molar-refractivity contribution in [3.8, 4) is 0 Å². The van der Waals surface area contributed by atoms with Gasteiger partial charge in [0, 0.05) is 23.4 Å². The number of benzene rings is 3. The molecule has 1 amide bonds. The van der Waals surface area contributed by atoms with Crippen LogP contribution in [0.15, 0.2) is 82.1 Å². The molecule has 0 saturated carbocycles. The van der Waals surface area contributed by atoms with Gasteiger partial charge in [-0.05, 0) is 54.1 Å². The molecule has 0 unspecified atom stereocenters. The number of amidine groups is 1. The number of carbonyl (C=O) groups is 1. The van der Waals surface area contributed by atoms with Crippen LogP contribution in [0.25, 0.3) is 0 Å². The lowest BCUT2D eigenvalue weighted by Gasteiger charge is -2.08. The molecule has 1 heterocycles. The number of anilines is 1.